The quantitative estimate of drug-likeness (QED) is 0.867. The van der Waals surface area contributed by atoms with Crippen LogP contribution < -0.4 is 10.6 Å². The van der Waals surface area contributed by atoms with Gasteiger partial charge in [0.15, 0.2) is 0 Å². The zero-order chi connectivity index (χ0) is 12.3. The highest BCUT2D eigenvalue weighted by atomic mass is 32.1. The van der Waals surface area contributed by atoms with E-state index in [0.717, 1.165) is 24.3 Å². The molecule has 2 amide bonds. The van der Waals surface area contributed by atoms with Gasteiger partial charge in [-0.15, -0.1) is 10.2 Å². The van der Waals surface area contributed by atoms with Gasteiger partial charge >= 0.3 is 6.03 Å². The average Bonchev–Trinajstić information content (AvgIpc) is 2.58. The zero-order valence-corrected chi connectivity index (χ0v) is 11.0. The highest BCUT2D eigenvalue weighted by Gasteiger charge is 2.19. The minimum Gasteiger partial charge on any atom is -0.335 e. The minimum atomic E-state index is -0.165. The lowest BCUT2D eigenvalue weighted by molar-refractivity contribution is 0.240. The monoisotopic (exact) mass is 254 g/mol. The molecular weight excluding hydrogens is 236 g/mol. The summed E-state index contributed by atoms with van der Waals surface area (Å²) in [4.78, 5) is 11.6. The normalized spacial score (nSPS) is 15.7. The molecule has 6 heteroatoms. The van der Waals surface area contributed by atoms with Crippen molar-refractivity contribution in [1.82, 2.24) is 15.5 Å². The molecule has 1 aromatic heterocycles. The highest BCUT2D eigenvalue weighted by molar-refractivity contribution is 7.15. The molecule has 2 rings (SSSR count). The zero-order valence-electron chi connectivity index (χ0n) is 10.2. The Bertz CT molecular complexity index is 387. The predicted octanol–water partition coefficient (Wildman–Crippen LogP) is 2.41. The van der Waals surface area contributed by atoms with Crippen LogP contribution in [0.15, 0.2) is 0 Å². The second kappa shape index (κ2) is 5.44. The van der Waals surface area contributed by atoms with Crippen molar-refractivity contribution < 1.29 is 4.79 Å². The van der Waals surface area contributed by atoms with Crippen LogP contribution in [0.1, 0.15) is 38.1 Å². The molecule has 2 N–H and O–H groups in total. The molecule has 94 valence electrons. The van der Waals surface area contributed by atoms with Crippen molar-refractivity contribution in [3.05, 3.63) is 5.01 Å². The van der Waals surface area contributed by atoms with E-state index in [0.29, 0.717) is 17.1 Å². The van der Waals surface area contributed by atoms with E-state index < -0.39 is 0 Å². The number of hydrogen-bond donors (Lipinski definition) is 2. The van der Waals surface area contributed by atoms with Crippen molar-refractivity contribution in [1.29, 1.82) is 0 Å². The highest BCUT2D eigenvalue weighted by Crippen LogP contribution is 2.20. The Morgan fingerprint density at radius 3 is 2.82 bits per heavy atom. The molecule has 1 fully saturated rings. The molecule has 17 heavy (non-hydrogen) atoms. The summed E-state index contributed by atoms with van der Waals surface area (Å²) in [6.07, 6.45) is 4.29. The molecule has 0 unspecified atom stereocenters. The molecule has 0 atom stereocenters. The topological polar surface area (TPSA) is 66.9 Å². The van der Waals surface area contributed by atoms with Crippen LogP contribution in [0.5, 0.6) is 0 Å². The third-order valence-corrected chi connectivity index (χ3v) is 3.57. The summed E-state index contributed by atoms with van der Waals surface area (Å²) in [7, 11) is 0. The molecule has 0 bridgehead atoms. The molecule has 1 aromatic rings. The van der Waals surface area contributed by atoms with E-state index in [-0.39, 0.29) is 6.03 Å². The van der Waals surface area contributed by atoms with Gasteiger partial charge in [-0.05, 0) is 25.2 Å². The van der Waals surface area contributed by atoms with Gasteiger partial charge in [-0.1, -0.05) is 25.2 Å². The van der Waals surface area contributed by atoms with Gasteiger partial charge in [-0.2, -0.15) is 0 Å². The lowest BCUT2D eigenvalue weighted by Gasteiger charge is -2.25. The molecule has 1 aliphatic carbocycles. The number of nitrogens with one attached hydrogen (secondary N) is 2. The summed E-state index contributed by atoms with van der Waals surface area (Å²) in [5.74, 6) is 0.555. The summed E-state index contributed by atoms with van der Waals surface area (Å²) in [5, 5.41) is 15.2. The first-order chi connectivity index (χ1) is 8.13. The van der Waals surface area contributed by atoms with Crippen LogP contribution in [0.4, 0.5) is 9.93 Å². The van der Waals surface area contributed by atoms with Crippen molar-refractivity contribution in [2.24, 2.45) is 5.92 Å². The van der Waals surface area contributed by atoms with Gasteiger partial charge in [-0.25, -0.2) is 4.79 Å². The van der Waals surface area contributed by atoms with Crippen LogP contribution in [-0.2, 0) is 6.42 Å². The van der Waals surface area contributed by atoms with E-state index in [1.165, 1.54) is 17.8 Å². The maximum Gasteiger partial charge on any atom is 0.321 e. The molecular formula is C11H18N4OS. The van der Waals surface area contributed by atoms with Gasteiger partial charge in [0.05, 0.1) is 0 Å². The first kappa shape index (κ1) is 12.3. The molecule has 0 spiro atoms. The van der Waals surface area contributed by atoms with E-state index in [9.17, 15) is 4.79 Å². The Morgan fingerprint density at radius 2 is 2.24 bits per heavy atom. The summed E-state index contributed by atoms with van der Waals surface area (Å²) in [5.41, 5.74) is 0. The first-order valence-electron chi connectivity index (χ1n) is 6.03. The fourth-order valence-electron chi connectivity index (χ4n) is 1.61. The van der Waals surface area contributed by atoms with Gasteiger partial charge in [-0.3, -0.25) is 5.32 Å². The number of nitrogens with zero attached hydrogens (tertiary/aromatic N) is 2. The summed E-state index contributed by atoms with van der Waals surface area (Å²) < 4.78 is 0. The standard InChI is InChI=1S/C11H18N4OS/c1-7(2)6-9-14-15-11(17-9)13-10(16)12-8-4-3-5-8/h7-8H,3-6H2,1-2H3,(H2,12,13,15,16). The molecule has 1 heterocycles. The summed E-state index contributed by atoms with van der Waals surface area (Å²) >= 11 is 1.45. The maximum atomic E-state index is 11.6. The maximum absolute atomic E-state index is 11.6. The smallest absolute Gasteiger partial charge is 0.321 e. The summed E-state index contributed by atoms with van der Waals surface area (Å²) in [6, 6.07) is 0.181. The van der Waals surface area contributed by atoms with Crippen LogP contribution >= 0.6 is 11.3 Å². The number of hydrogen-bond acceptors (Lipinski definition) is 4. The van der Waals surface area contributed by atoms with Gasteiger partial charge < -0.3 is 5.32 Å². The molecule has 0 aliphatic heterocycles. The van der Waals surface area contributed by atoms with Crippen molar-refractivity contribution in [2.45, 2.75) is 45.6 Å². The molecule has 0 saturated heterocycles. The number of rotatable bonds is 4. The molecule has 1 aliphatic rings. The first-order valence-corrected chi connectivity index (χ1v) is 6.85. The number of carbonyl (C=O) groups excluding carboxylic acids is 1. The molecule has 5 nitrogen and oxygen atoms in total. The van der Waals surface area contributed by atoms with Gasteiger partial charge in [0, 0.05) is 12.5 Å². The largest absolute Gasteiger partial charge is 0.335 e. The number of amides is 2. The fourth-order valence-corrected chi connectivity index (χ4v) is 2.55. The molecule has 0 radical (unpaired) electrons. The Balaban J connectivity index is 1.81. The van der Waals surface area contributed by atoms with Crippen molar-refractivity contribution in [3.8, 4) is 0 Å². The third kappa shape index (κ3) is 3.66. The van der Waals surface area contributed by atoms with Gasteiger partial charge in [0.25, 0.3) is 0 Å². The Hall–Kier alpha value is -1.17. The Kier molecular flexibility index (Phi) is 3.93. The van der Waals surface area contributed by atoms with Crippen LogP contribution in [0.2, 0.25) is 0 Å². The van der Waals surface area contributed by atoms with Crippen LogP contribution in [0, 0.1) is 5.92 Å². The Labute approximate surface area is 105 Å². The number of anilines is 1. The van der Waals surface area contributed by atoms with Crippen molar-refractivity contribution >= 4 is 22.5 Å². The number of carbonyl (C=O) groups is 1. The lowest BCUT2D eigenvalue weighted by atomic mass is 9.93. The van der Waals surface area contributed by atoms with Gasteiger partial charge in [0.1, 0.15) is 5.01 Å². The lowest BCUT2D eigenvalue weighted by Crippen LogP contribution is -2.41. The van der Waals surface area contributed by atoms with Gasteiger partial charge in [0.2, 0.25) is 5.13 Å². The van der Waals surface area contributed by atoms with E-state index in [1.54, 1.807) is 0 Å². The molecule has 1 saturated carbocycles. The van der Waals surface area contributed by atoms with E-state index >= 15 is 0 Å². The number of aromatic nitrogens is 2. The van der Waals surface area contributed by atoms with Crippen LogP contribution in [-0.4, -0.2) is 22.3 Å². The molecule has 0 aromatic carbocycles. The van der Waals surface area contributed by atoms with Crippen LogP contribution in [0.25, 0.3) is 0 Å². The van der Waals surface area contributed by atoms with E-state index in [2.05, 4.69) is 34.7 Å². The van der Waals surface area contributed by atoms with Crippen molar-refractivity contribution in [3.63, 3.8) is 0 Å². The second-order valence-electron chi connectivity index (χ2n) is 4.83. The Morgan fingerprint density at radius 1 is 1.47 bits per heavy atom. The van der Waals surface area contributed by atoms with Crippen LogP contribution in [0.3, 0.4) is 0 Å². The fraction of sp³-hybridized carbons (Fsp3) is 0.727. The summed E-state index contributed by atoms with van der Waals surface area (Å²) in [6.45, 7) is 4.27. The number of urea groups is 1. The van der Waals surface area contributed by atoms with E-state index in [1.807, 2.05) is 0 Å². The minimum absolute atomic E-state index is 0.165. The predicted molar refractivity (Wildman–Crippen MR) is 68.2 cm³/mol. The van der Waals surface area contributed by atoms with E-state index in [4.69, 9.17) is 0 Å². The second-order valence-corrected chi connectivity index (χ2v) is 5.89. The average molecular weight is 254 g/mol. The third-order valence-electron chi connectivity index (χ3n) is 2.71. The SMILES string of the molecule is CC(C)Cc1nnc(NC(=O)NC2CCC2)s1. The van der Waals surface area contributed by atoms with Crippen molar-refractivity contribution in [2.75, 3.05) is 5.32 Å².